The molecule has 2 heteroatoms. The summed E-state index contributed by atoms with van der Waals surface area (Å²) < 4.78 is 0. The number of carbonyl (C=O) groups excluding carboxylic acids is 2. The molecule has 0 N–H and O–H groups in total. The fourth-order valence-electron chi connectivity index (χ4n) is 2.71. The first-order valence-electron chi connectivity index (χ1n) is 5.95. The van der Waals surface area contributed by atoms with Crippen molar-refractivity contribution < 1.29 is 9.59 Å². The lowest BCUT2D eigenvalue weighted by atomic mass is 9.77. The van der Waals surface area contributed by atoms with Gasteiger partial charge in [-0.15, -0.1) is 0 Å². The van der Waals surface area contributed by atoms with E-state index >= 15 is 0 Å². The largest absolute Gasteiger partial charge is 0.300 e. The summed E-state index contributed by atoms with van der Waals surface area (Å²) in [5, 5.41) is 0. The van der Waals surface area contributed by atoms with Crippen LogP contribution in [0.2, 0.25) is 0 Å². The number of hydrogen-bond acceptors (Lipinski definition) is 2. The van der Waals surface area contributed by atoms with Gasteiger partial charge in [0.25, 0.3) is 0 Å². The Morgan fingerprint density at radius 3 is 2.60 bits per heavy atom. The van der Waals surface area contributed by atoms with E-state index in [4.69, 9.17) is 0 Å². The summed E-state index contributed by atoms with van der Waals surface area (Å²) in [4.78, 5) is 23.1. The Balaban J connectivity index is 2.27. The Labute approximate surface area is 90.7 Å². The van der Waals surface area contributed by atoms with Crippen LogP contribution in [-0.4, -0.2) is 11.6 Å². The van der Waals surface area contributed by atoms with Crippen molar-refractivity contribution in [3.63, 3.8) is 0 Å². The van der Waals surface area contributed by atoms with E-state index in [2.05, 4.69) is 6.92 Å². The molecular formula is C13H18O2. The highest BCUT2D eigenvalue weighted by atomic mass is 16.1. The van der Waals surface area contributed by atoms with Gasteiger partial charge < -0.3 is 0 Å². The number of rotatable bonds is 0. The first-order valence-corrected chi connectivity index (χ1v) is 5.95. The van der Waals surface area contributed by atoms with Crippen molar-refractivity contribution in [3.05, 3.63) is 11.1 Å². The normalized spacial score (nSPS) is 28.5. The van der Waals surface area contributed by atoms with E-state index in [1.54, 1.807) is 0 Å². The lowest BCUT2D eigenvalue weighted by Crippen LogP contribution is -2.20. The van der Waals surface area contributed by atoms with Gasteiger partial charge >= 0.3 is 0 Å². The van der Waals surface area contributed by atoms with Gasteiger partial charge in [0.15, 0.2) is 5.78 Å². The molecule has 0 amide bonds. The maximum atomic E-state index is 11.8. The number of allylic oxidation sites excluding steroid dienone is 2. The standard InChI is InChI=1S/C13H18O2/c1-9-5-8-13(15)12-7-6-10(14)3-2-4-11(9)12/h9H,2-8H2,1H3. The molecule has 82 valence electrons. The van der Waals surface area contributed by atoms with Crippen LogP contribution >= 0.6 is 0 Å². The highest BCUT2D eigenvalue weighted by Crippen LogP contribution is 2.34. The van der Waals surface area contributed by atoms with Crippen LogP contribution in [0.25, 0.3) is 0 Å². The number of ketones is 2. The van der Waals surface area contributed by atoms with Gasteiger partial charge in [0.2, 0.25) is 0 Å². The maximum Gasteiger partial charge on any atom is 0.158 e. The Bertz CT molecular complexity index is 325. The van der Waals surface area contributed by atoms with Crippen molar-refractivity contribution in [3.8, 4) is 0 Å². The first-order chi connectivity index (χ1) is 7.18. The molecular weight excluding hydrogens is 188 g/mol. The monoisotopic (exact) mass is 206 g/mol. The van der Waals surface area contributed by atoms with Gasteiger partial charge in [-0.2, -0.15) is 0 Å². The summed E-state index contributed by atoms with van der Waals surface area (Å²) in [5.41, 5.74) is 2.36. The van der Waals surface area contributed by atoms with Crippen LogP contribution in [0.15, 0.2) is 11.1 Å². The van der Waals surface area contributed by atoms with E-state index in [1.165, 1.54) is 5.57 Å². The summed E-state index contributed by atoms with van der Waals surface area (Å²) in [6.07, 6.45) is 5.59. The fourth-order valence-corrected chi connectivity index (χ4v) is 2.71. The Morgan fingerprint density at radius 2 is 1.80 bits per heavy atom. The zero-order valence-corrected chi connectivity index (χ0v) is 9.34. The molecule has 0 radical (unpaired) electrons. The molecule has 15 heavy (non-hydrogen) atoms. The van der Waals surface area contributed by atoms with Crippen molar-refractivity contribution in [1.82, 2.24) is 0 Å². The third-order valence-electron chi connectivity index (χ3n) is 3.68. The Kier molecular flexibility index (Phi) is 3.03. The van der Waals surface area contributed by atoms with Gasteiger partial charge in [-0.1, -0.05) is 12.5 Å². The van der Waals surface area contributed by atoms with Crippen molar-refractivity contribution >= 4 is 11.6 Å². The molecule has 2 aliphatic rings. The molecule has 2 rings (SSSR count). The molecule has 0 aromatic rings. The average molecular weight is 206 g/mol. The molecule has 1 atom stereocenters. The minimum Gasteiger partial charge on any atom is -0.300 e. The zero-order chi connectivity index (χ0) is 10.8. The molecule has 2 aliphatic carbocycles. The highest BCUT2D eigenvalue weighted by Gasteiger charge is 2.26. The summed E-state index contributed by atoms with van der Waals surface area (Å²) in [6, 6.07) is 0. The van der Waals surface area contributed by atoms with Gasteiger partial charge in [0.1, 0.15) is 5.78 Å². The van der Waals surface area contributed by atoms with Crippen LogP contribution in [0, 0.1) is 5.92 Å². The molecule has 0 aliphatic heterocycles. The predicted octanol–water partition coefficient (Wildman–Crippen LogP) is 2.82. The number of Topliss-reactive ketones (excluding diaryl/α,β-unsaturated/α-hetero) is 2. The molecule has 0 aromatic carbocycles. The van der Waals surface area contributed by atoms with E-state index in [1.807, 2.05) is 0 Å². The summed E-state index contributed by atoms with van der Waals surface area (Å²) >= 11 is 0. The Hall–Kier alpha value is -0.920. The van der Waals surface area contributed by atoms with Crippen LogP contribution in [0.1, 0.15) is 51.9 Å². The Morgan fingerprint density at radius 1 is 1.00 bits per heavy atom. The van der Waals surface area contributed by atoms with Gasteiger partial charge in [-0.3, -0.25) is 9.59 Å². The van der Waals surface area contributed by atoms with Crippen LogP contribution < -0.4 is 0 Å². The molecule has 0 saturated heterocycles. The molecule has 0 spiro atoms. The predicted molar refractivity (Wildman–Crippen MR) is 58.5 cm³/mol. The van der Waals surface area contributed by atoms with Crippen LogP contribution in [0.3, 0.4) is 0 Å². The lowest BCUT2D eigenvalue weighted by Gasteiger charge is -2.26. The van der Waals surface area contributed by atoms with Crippen LogP contribution in [0.5, 0.6) is 0 Å². The molecule has 0 aromatic heterocycles. The average Bonchev–Trinajstić information content (AvgIpc) is 2.18. The molecule has 0 saturated carbocycles. The number of hydrogen-bond donors (Lipinski definition) is 0. The third kappa shape index (κ3) is 2.19. The van der Waals surface area contributed by atoms with E-state index in [9.17, 15) is 9.59 Å². The van der Waals surface area contributed by atoms with Gasteiger partial charge in [-0.05, 0) is 37.2 Å². The van der Waals surface area contributed by atoms with Gasteiger partial charge in [-0.25, -0.2) is 0 Å². The van der Waals surface area contributed by atoms with Gasteiger partial charge in [0.05, 0.1) is 0 Å². The summed E-state index contributed by atoms with van der Waals surface area (Å²) in [7, 11) is 0. The van der Waals surface area contributed by atoms with Crippen molar-refractivity contribution in [1.29, 1.82) is 0 Å². The van der Waals surface area contributed by atoms with E-state index in [0.717, 1.165) is 24.8 Å². The maximum absolute atomic E-state index is 11.8. The second kappa shape index (κ2) is 4.30. The SMILES string of the molecule is CC1CCC(=O)C2=C1CCCC(=O)CC2. The third-order valence-corrected chi connectivity index (χ3v) is 3.68. The lowest BCUT2D eigenvalue weighted by molar-refractivity contribution is -0.119. The van der Waals surface area contributed by atoms with Gasteiger partial charge in [0, 0.05) is 19.3 Å². The minimum absolute atomic E-state index is 0.304. The van der Waals surface area contributed by atoms with E-state index in [-0.39, 0.29) is 0 Å². The fraction of sp³-hybridized carbons (Fsp3) is 0.692. The van der Waals surface area contributed by atoms with Crippen molar-refractivity contribution in [2.75, 3.05) is 0 Å². The summed E-state index contributed by atoms with van der Waals surface area (Å²) in [6.45, 7) is 2.21. The first kappa shape index (κ1) is 10.6. The zero-order valence-electron chi connectivity index (χ0n) is 9.34. The smallest absolute Gasteiger partial charge is 0.158 e. The molecule has 2 nitrogen and oxygen atoms in total. The quantitative estimate of drug-likeness (QED) is 0.610. The van der Waals surface area contributed by atoms with Crippen LogP contribution in [-0.2, 0) is 9.59 Å². The highest BCUT2D eigenvalue weighted by molar-refractivity contribution is 5.97. The summed E-state index contributed by atoms with van der Waals surface area (Å²) in [5.74, 6) is 1.19. The van der Waals surface area contributed by atoms with Crippen molar-refractivity contribution in [2.45, 2.75) is 51.9 Å². The second-order valence-electron chi connectivity index (χ2n) is 4.76. The van der Waals surface area contributed by atoms with E-state index < -0.39 is 0 Å². The molecule has 0 heterocycles. The molecule has 0 bridgehead atoms. The molecule has 1 unspecified atom stereocenters. The number of carbonyl (C=O) groups is 2. The second-order valence-corrected chi connectivity index (χ2v) is 4.76. The topological polar surface area (TPSA) is 34.1 Å². The minimum atomic E-state index is 0.304. The van der Waals surface area contributed by atoms with Crippen molar-refractivity contribution in [2.24, 2.45) is 5.92 Å². The van der Waals surface area contributed by atoms with E-state index in [0.29, 0.717) is 43.2 Å². The molecule has 0 fully saturated rings. The van der Waals surface area contributed by atoms with Crippen LogP contribution in [0.4, 0.5) is 0 Å².